The average molecular weight is 323 g/mol. The predicted octanol–water partition coefficient (Wildman–Crippen LogP) is 3.59. The van der Waals surface area contributed by atoms with Gasteiger partial charge in [0.15, 0.2) is 6.29 Å². The van der Waals surface area contributed by atoms with Gasteiger partial charge in [-0.2, -0.15) is 0 Å². The Morgan fingerprint density at radius 1 is 1.12 bits per heavy atom. The third kappa shape index (κ3) is 2.77. The van der Waals surface area contributed by atoms with Crippen LogP contribution in [0.5, 0.6) is 0 Å². The van der Waals surface area contributed by atoms with Gasteiger partial charge in [0.1, 0.15) is 5.60 Å². The van der Waals surface area contributed by atoms with Crippen LogP contribution in [0.25, 0.3) is 0 Å². The Labute approximate surface area is 144 Å². The zero-order chi connectivity index (χ0) is 16.4. The molecule has 3 heteroatoms. The van der Waals surface area contributed by atoms with E-state index in [1.54, 1.807) is 7.11 Å². The van der Waals surface area contributed by atoms with Crippen LogP contribution >= 0.6 is 0 Å². The van der Waals surface area contributed by atoms with Crippen molar-refractivity contribution in [1.82, 2.24) is 5.32 Å². The average Bonchev–Trinajstić information content (AvgIpc) is 2.66. The van der Waals surface area contributed by atoms with Gasteiger partial charge < -0.3 is 14.8 Å². The lowest BCUT2D eigenvalue weighted by Crippen LogP contribution is -2.52. The van der Waals surface area contributed by atoms with Crippen LogP contribution in [0.3, 0.4) is 0 Å². The van der Waals surface area contributed by atoms with Crippen LogP contribution in [-0.4, -0.2) is 26.5 Å². The molecule has 3 nitrogen and oxygen atoms in total. The van der Waals surface area contributed by atoms with Crippen LogP contribution in [-0.2, 0) is 21.5 Å². The number of rotatable bonds is 3. The Morgan fingerprint density at radius 3 is 2.67 bits per heavy atom. The van der Waals surface area contributed by atoms with Crippen molar-refractivity contribution in [3.05, 3.63) is 71.3 Å². The first kappa shape index (κ1) is 15.8. The van der Waals surface area contributed by atoms with Crippen molar-refractivity contribution in [2.45, 2.75) is 37.1 Å². The number of fused-ring (bicyclic) bond motifs is 2. The molecule has 126 valence electrons. The molecular formula is C21H25NO2. The summed E-state index contributed by atoms with van der Waals surface area (Å²) in [7, 11) is 1.76. The number of piperidine rings is 1. The highest BCUT2D eigenvalue weighted by atomic mass is 16.7. The van der Waals surface area contributed by atoms with E-state index in [2.05, 4.69) is 59.9 Å². The van der Waals surface area contributed by atoms with E-state index in [9.17, 15) is 0 Å². The van der Waals surface area contributed by atoms with Crippen molar-refractivity contribution >= 4 is 0 Å². The minimum atomic E-state index is -0.247. The van der Waals surface area contributed by atoms with E-state index in [4.69, 9.17) is 9.47 Å². The van der Waals surface area contributed by atoms with Gasteiger partial charge in [-0.3, -0.25) is 0 Å². The summed E-state index contributed by atoms with van der Waals surface area (Å²) in [5.74, 6) is 0.223. The monoisotopic (exact) mass is 323 g/mol. The van der Waals surface area contributed by atoms with E-state index >= 15 is 0 Å². The molecule has 1 N–H and O–H groups in total. The molecule has 0 saturated carbocycles. The predicted molar refractivity (Wildman–Crippen MR) is 95.0 cm³/mol. The summed E-state index contributed by atoms with van der Waals surface area (Å²) in [6, 6.07) is 19.4. The molecule has 2 aromatic carbocycles. The first-order valence-electron chi connectivity index (χ1n) is 8.87. The van der Waals surface area contributed by atoms with Crippen LogP contribution in [0.1, 0.15) is 35.4 Å². The van der Waals surface area contributed by atoms with Gasteiger partial charge in [0, 0.05) is 19.6 Å². The Hall–Kier alpha value is -1.68. The summed E-state index contributed by atoms with van der Waals surface area (Å²) < 4.78 is 12.4. The fourth-order valence-electron chi connectivity index (χ4n) is 4.24. The third-order valence-electron chi connectivity index (χ3n) is 5.40. The second kappa shape index (κ2) is 6.67. The number of ether oxygens (including phenoxy) is 2. The fraction of sp³-hybridized carbons (Fsp3) is 0.429. The minimum Gasteiger partial charge on any atom is -0.355 e. The van der Waals surface area contributed by atoms with Crippen molar-refractivity contribution < 1.29 is 9.47 Å². The molecule has 0 radical (unpaired) electrons. The van der Waals surface area contributed by atoms with Crippen molar-refractivity contribution in [3.8, 4) is 0 Å². The molecule has 2 aliphatic heterocycles. The van der Waals surface area contributed by atoms with Crippen LogP contribution < -0.4 is 5.32 Å². The highest BCUT2D eigenvalue weighted by molar-refractivity contribution is 5.39. The number of methoxy groups -OCH3 is 1. The maximum absolute atomic E-state index is 6.59. The van der Waals surface area contributed by atoms with Gasteiger partial charge in [-0.05, 0) is 42.5 Å². The number of hydrogen-bond donors (Lipinski definition) is 1. The summed E-state index contributed by atoms with van der Waals surface area (Å²) in [5.41, 5.74) is 3.79. The molecule has 1 saturated heterocycles. The Bertz CT molecular complexity index is 679. The normalized spacial score (nSPS) is 29.4. The maximum atomic E-state index is 6.59. The van der Waals surface area contributed by atoms with E-state index in [1.807, 2.05) is 0 Å². The Morgan fingerprint density at radius 2 is 1.92 bits per heavy atom. The standard InChI is InChI=1S/C21H25NO2/c1-23-20-18(14-16-8-3-2-4-9-16)17-10-5-6-11-19(17)21(24-20)12-7-13-22-15-21/h2-6,8-11,18,20,22H,7,12-15H2,1H3. The van der Waals surface area contributed by atoms with Gasteiger partial charge >= 0.3 is 0 Å². The summed E-state index contributed by atoms with van der Waals surface area (Å²) in [5, 5.41) is 3.51. The van der Waals surface area contributed by atoms with Crippen LogP contribution in [0.2, 0.25) is 0 Å². The molecule has 2 heterocycles. The second-order valence-electron chi connectivity index (χ2n) is 6.88. The van der Waals surface area contributed by atoms with Crippen LogP contribution in [0.4, 0.5) is 0 Å². The van der Waals surface area contributed by atoms with E-state index in [0.717, 1.165) is 32.4 Å². The summed E-state index contributed by atoms with van der Waals surface area (Å²) in [6.45, 7) is 1.93. The number of hydrogen-bond acceptors (Lipinski definition) is 3. The highest BCUT2D eigenvalue weighted by Crippen LogP contribution is 2.46. The van der Waals surface area contributed by atoms with E-state index in [0.29, 0.717) is 0 Å². The molecule has 3 atom stereocenters. The maximum Gasteiger partial charge on any atom is 0.165 e. The minimum absolute atomic E-state index is 0.208. The van der Waals surface area contributed by atoms with E-state index in [-0.39, 0.29) is 17.8 Å². The summed E-state index contributed by atoms with van der Waals surface area (Å²) >= 11 is 0. The molecule has 0 aliphatic carbocycles. The van der Waals surface area contributed by atoms with Crippen molar-refractivity contribution in [3.63, 3.8) is 0 Å². The van der Waals surface area contributed by atoms with Crippen molar-refractivity contribution in [1.29, 1.82) is 0 Å². The molecule has 0 bridgehead atoms. The second-order valence-corrected chi connectivity index (χ2v) is 6.88. The van der Waals surface area contributed by atoms with Crippen LogP contribution in [0, 0.1) is 0 Å². The van der Waals surface area contributed by atoms with Gasteiger partial charge in [0.2, 0.25) is 0 Å². The molecule has 0 aromatic heterocycles. The van der Waals surface area contributed by atoms with Crippen LogP contribution in [0.15, 0.2) is 54.6 Å². The van der Waals surface area contributed by atoms with Gasteiger partial charge in [-0.1, -0.05) is 54.6 Å². The SMILES string of the molecule is COC1OC2(CCCNC2)c2ccccc2C1Cc1ccccc1. The zero-order valence-electron chi connectivity index (χ0n) is 14.2. The Kier molecular flexibility index (Phi) is 4.40. The quantitative estimate of drug-likeness (QED) is 0.936. The van der Waals surface area contributed by atoms with Crippen molar-refractivity contribution in [2.75, 3.05) is 20.2 Å². The molecule has 0 amide bonds. The molecular weight excluding hydrogens is 298 g/mol. The first-order valence-corrected chi connectivity index (χ1v) is 8.87. The molecule has 2 aliphatic rings. The molecule has 24 heavy (non-hydrogen) atoms. The van der Waals surface area contributed by atoms with Gasteiger partial charge in [0.25, 0.3) is 0 Å². The lowest BCUT2D eigenvalue weighted by molar-refractivity contribution is -0.230. The molecule has 1 fully saturated rings. The first-order chi connectivity index (χ1) is 11.8. The van der Waals surface area contributed by atoms with Gasteiger partial charge in [-0.25, -0.2) is 0 Å². The zero-order valence-corrected chi connectivity index (χ0v) is 14.2. The molecule has 3 unspecified atom stereocenters. The summed E-state index contributed by atoms with van der Waals surface area (Å²) in [4.78, 5) is 0. The third-order valence-corrected chi connectivity index (χ3v) is 5.40. The Balaban J connectivity index is 1.74. The largest absolute Gasteiger partial charge is 0.355 e. The molecule has 4 rings (SSSR count). The topological polar surface area (TPSA) is 30.5 Å². The van der Waals surface area contributed by atoms with E-state index in [1.165, 1.54) is 16.7 Å². The lowest BCUT2D eigenvalue weighted by atomic mass is 9.76. The molecule has 2 aromatic rings. The number of nitrogens with one attached hydrogen (secondary N) is 1. The van der Waals surface area contributed by atoms with E-state index < -0.39 is 0 Å². The van der Waals surface area contributed by atoms with Gasteiger partial charge in [-0.15, -0.1) is 0 Å². The highest BCUT2D eigenvalue weighted by Gasteiger charge is 2.46. The van der Waals surface area contributed by atoms with Gasteiger partial charge in [0.05, 0.1) is 0 Å². The number of benzene rings is 2. The lowest BCUT2D eigenvalue weighted by Gasteiger charge is -2.47. The smallest absolute Gasteiger partial charge is 0.165 e. The van der Waals surface area contributed by atoms with Crippen molar-refractivity contribution in [2.24, 2.45) is 0 Å². The summed E-state index contributed by atoms with van der Waals surface area (Å²) in [6.07, 6.45) is 2.91. The molecule has 1 spiro atoms. The fourth-order valence-corrected chi connectivity index (χ4v) is 4.24.